The number of piperidine rings is 1. The van der Waals surface area contributed by atoms with Gasteiger partial charge in [0.25, 0.3) is 0 Å². The minimum Gasteiger partial charge on any atom is -0.345 e. The number of likely N-dealkylation sites (tertiary alicyclic amines) is 2. The van der Waals surface area contributed by atoms with Gasteiger partial charge in [0.1, 0.15) is 0 Å². The molecule has 5 nitrogen and oxygen atoms in total. The van der Waals surface area contributed by atoms with Gasteiger partial charge in [-0.05, 0) is 41.3 Å². The van der Waals surface area contributed by atoms with E-state index in [1.807, 2.05) is 29.9 Å². The summed E-state index contributed by atoms with van der Waals surface area (Å²) >= 11 is 1.74. The summed E-state index contributed by atoms with van der Waals surface area (Å²) in [5, 5.41) is 8.69. The van der Waals surface area contributed by atoms with Crippen molar-refractivity contribution in [3.63, 3.8) is 0 Å². The van der Waals surface area contributed by atoms with E-state index in [0.717, 1.165) is 39.0 Å². The smallest absolute Gasteiger partial charge is 0.230 e. The standard InChI is InChI=1S/C18H24N4OS/c1-20-8-3-6-18(17(20)23)13-22(10-14-5-9-24-12-14)11-15(18)16-4-7-19-21(16)2/h4-5,7,9,12,15H,3,6,8,10-11,13H2,1-2H3/t15-,18+/m0/s1. The van der Waals surface area contributed by atoms with E-state index in [1.54, 1.807) is 11.3 Å². The third-order valence-electron chi connectivity index (χ3n) is 5.70. The first-order valence-electron chi connectivity index (χ1n) is 8.57. The van der Waals surface area contributed by atoms with E-state index in [2.05, 4.69) is 32.9 Å². The average Bonchev–Trinajstić information content (AvgIpc) is 3.27. The maximum atomic E-state index is 13.2. The second kappa shape index (κ2) is 6.01. The average molecular weight is 344 g/mol. The van der Waals surface area contributed by atoms with Gasteiger partial charge < -0.3 is 4.90 Å². The number of hydrogen-bond donors (Lipinski definition) is 0. The molecule has 2 saturated heterocycles. The molecule has 0 saturated carbocycles. The van der Waals surface area contributed by atoms with Crippen LogP contribution in [0.2, 0.25) is 0 Å². The van der Waals surface area contributed by atoms with Crippen LogP contribution in [0.3, 0.4) is 0 Å². The largest absolute Gasteiger partial charge is 0.345 e. The highest BCUT2D eigenvalue weighted by Gasteiger charge is 2.55. The van der Waals surface area contributed by atoms with Gasteiger partial charge in [-0.3, -0.25) is 14.4 Å². The molecule has 2 atom stereocenters. The van der Waals surface area contributed by atoms with Crippen molar-refractivity contribution in [2.24, 2.45) is 12.5 Å². The summed E-state index contributed by atoms with van der Waals surface area (Å²) in [7, 11) is 3.94. The van der Waals surface area contributed by atoms with Crippen molar-refractivity contribution in [1.82, 2.24) is 19.6 Å². The molecule has 0 bridgehead atoms. The normalized spacial score (nSPS) is 28.2. The van der Waals surface area contributed by atoms with Crippen LogP contribution in [0.15, 0.2) is 29.1 Å². The Kier molecular flexibility index (Phi) is 3.96. The molecule has 2 fully saturated rings. The van der Waals surface area contributed by atoms with E-state index >= 15 is 0 Å². The summed E-state index contributed by atoms with van der Waals surface area (Å²) in [5.41, 5.74) is 2.24. The fraction of sp³-hybridized carbons (Fsp3) is 0.556. The number of aryl methyl sites for hydroxylation is 1. The van der Waals surface area contributed by atoms with E-state index in [0.29, 0.717) is 5.91 Å². The summed E-state index contributed by atoms with van der Waals surface area (Å²) < 4.78 is 1.95. The highest BCUT2D eigenvalue weighted by Crippen LogP contribution is 2.49. The molecule has 1 spiro atoms. The second-order valence-electron chi connectivity index (χ2n) is 7.22. The first kappa shape index (κ1) is 15.8. The van der Waals surface area contributed by atoms with Crippen molar-refractivity contribution >= 4 is 17.2 Å². The summed E-state index contributed by atoms with van der Waals surface area (Å²) in [6, 6.07) is 4.27. The lowest BCUT2D eigenvalue weighted by atomic mass is 9.70. The van der Waals surface area contributed by atoms with Gasteiger partial charge in [0.15, 0.2) is 0 Å². The van der Waals surface area contributed by atoms with Crippen LogP contribution in [0.1, 0.15) is 30.0 Å². The Labute approximate surface area is 146 Å². The van der Waals surface area contributed by atoms with Crippen molar-refractivity contribution in [2.75, 3.05) is 26.7 Å². The van der Waals surface area contributed by atoms with Gasteiger partial charge in [-0.25, -0.2) is 0 Å². The molecule has 0 N–H and O–H groups in total. The minimum atomic E-state index is -0.295. The van der Waals surface area contributed by atoms with Crippen molar-refractivity contribution in [1.29, 1.82) is 0 Å². The van der Waals surface area contributed by atoms with Crippen LogP contribution in [0.25, 0.3) is 0 Å². The van der Waals surface area contributed by atoms with Crippen LogP contribution >= 0.6 is 11.3 Å². The molecule has 2 aliphatic rings. The number of nitrogens with zero attached hydrogens (tertiary/aromatic N) is 4. The van der Waals surface area contributed by atoms with Crippen LogP contribution in [0.4, 0.5) is 0 Å². The van der Waals surface area contributed by atoms with Crippen LogP contribution < -0.4 is 0 Å². The Hall–Kier alpha value is -1.66. The van der Waals surface area contributed by atoms with E-state index in [4.69, 9.17) is 0 Å². The molecule has 24 heavy (non-hydrogen) atoms. The number of carbonyl (C=O) groups excluding carboxylic acids is 1. The van der Waals surface area contributed by atoms with E-state index in [1.165, 1.54) is 11.3 Å². The van der Waals surface area contributed by atoms with Gasteiger partial charge in [0.2, 0.25) is 5.91 Å². The fourth-order valence-corrected chi connectivity index (χ4v) is 5.22. The van der Waals surface area contributed by atoms with E-state index < -0.39 is 0 Å². The zero-order valence-electron chi connectivity index (χ0n) is 14.3. The number of hydrogen-bond acceptors (Lipinski definition) is 4. The van der Waals surface area contributed by atoms with Crippen molar-refractivity contribution in [3.05, 3.63) is 40.3 Å². The van der Waals surface area contributed by atoms with Gasteiger partial charge in [0, 0.05) is 58.1 Å². The Morgan fingerprint density at radius 3 is 2.96 bits per heavy atom. The van der Waals surface area contributed by atoms with Gasteiger partial charge in [-0.15, -0.1) is 0 Å². The van der Waals surface area contributed by atoms with Crippen LogP contribution in [-0.4, -0.2) is 52.2 Å². The van der Waals surface area contributed by atoms with Crippen molar-refractivity contribution in [2.45, 2.75) is 25.3 Å². The number of thiophene rings is 1. The highest BCUT2D eigenvalue weighted by molar-refractivity contribution is 7.07. The fourth-order valence-electron chi connectivity index (χ4n) is 4.56. The Morgan fingerprint density at radius 1 is 1.38 bits per heavy atom. The molecule has 0 aliphatic carbocycles. The number of carbonyl (C=O) groups is 1. The Bertz CT molecular complexity index is 725. The predicted molar refractivity (Wildman–Crippen MR) is 94.8 cm³/mol. The summed E-state index contributed by atoms with van der Waals surface area (Å²) in [6.07, 6.45) is 3.91. The molecule has 6 heteroatoms. The molecular formula is C18H24N4OS. The van der Waals surface area contributed by atoms with Crippen molar-refractivity contribution in [3.8, 4) is 0 Å². The zero-order chi connectivity index (χ0) is 16.7. The molecule has 4 heterocycles. The highest BCUT2D eigenvalue weighted by atomic mass is 32.1. The first-order valence-corrected chi connectivity index (χ1v) is 9.51. The Morgan fingerprint density at radius 2 is 2.25 bits per heavy atom. The minimum absolute atomic E-state index is 0.221. The lowest BCUT2D eigenvalue weighted by molar-refractivity contribution is -0.145. The maximum Gasteiger partial charge on any atom is 0.230 e. The summed E-state index contributed by atoms with van der Waals surface area (Å²) in [6.45, 7) is 3.58. The van der Waals surface area contributed by atoms with Gasteiger partial charge in [-0.2, -0.15) is 16.4 Å². The topological polar surface area (TPSA) is 41.4 Å². The number of rotatable bonds is 3. The monoisotopic (exact) mass is 344 g/mol. The molecule has 0 unspecified atom stereocenters. The molecule has 2 aromatic heterocycles. The van der Waals surface area contributed by atoms with E-state index in [-0.39, 0.29) is 11.3 Å². The zero-order valence-corrected chi connectivity index (χ0v) is 15.1. The van der Waals surface area contributed by atoms with Crippen molar-refractivity contribution < 1.29 is 4.79 Å². The molecule has 0 aromatic carbocycles. The lowest BCUT2D eigenvalue weighted by Crippen LogP contribution is -2.50. The van der Waals surface area contributed by atoms with E-state index in [9.17, 15) is 4.79 Å². The number of aromatic nitrogens is 2. The molecule has 1 amide bonds. The van der Waals surface area contributed by atoms with Gasteiger partial charge >= 0.3 is 0 Å². The molecule has 2 aromatic rings. The van der Waals surface area contributed by atoms with Gasteiger partial charge in [-0.1, -0.05) is 0 Å². The molecular weight excluding hydrogens is 320 g/mol. The first-order chi connectivity index (χ1) is 11.6. The Balaban J connectivity index is 1.68. The quantitative estimate of drug-likeness (QED) is 0.858. The van der Waals surface area contributed by atoms with Crippen LogP contribution in [0.5, 0.6) is 0 Å². The van der Waals surface area contributed by atoms with Crippen LogP contribution in [0, 0.1) is 5.41 Å². The molecule has 128 valence electrons. The molecule has 4 rings (SSSR count). The van der Waals surface area contributed by atoms with Crippen LogP contribution in [-0.2, 0) is 18.4 Å². The third kappa shape index (κ3) is 2.48. The lowest BCUT2D eigenvalue weighted by Gasteiger charge is -2.41. The van der Waals surface area contributed by atoms with Gasteiger partial charge in [0.05, 0.1) is 5.41 Å². The summed E-state index contributed by atoms with van der Waals surface area (Å²) in [4.78, 5) is 17.6. The second-order valence-corrected chi connectivity index (χ2v) is 8.00. The molecule has 2 aliphatic heterocycles. The summed E-state index contributed by atoms with van der Waals surface area (Å²) in [5.74, 6) is 0.534. The third-order valence-corrected chi connectivity index (χ3v) is 6.44. The number of amides is 1. The predicted octanol–water partition coefficient (Wildman–Crippen LogP) is 2.32. The SMILES string of the molecule is CN1CCC[C@]2(CN(Cc3ccsc3)C[C@H]2c2ccnn2C)C1=O. The molecule has 0 radical (unpaired) electrons. The maximum absolute atomic E-state index is 13.2.